The lowest BCUT2D eigenvalue weighted by molar-refractivity contribution is -0.150. The second-order valence-corrected chi connectivity index (χ2v) is 7.92. The molecule has 2 unspecified atom stereocenters. The minimum Gasteiger partial charge on any atom is -0.477 e. The molecule has 14 nitrogen and oxygen atoms in total. The van der Waals surface area contributed by atoms with Crippen molar-refractivity contribution in [3.63, 3.8) is 0 Å². The average molecular weight is 467 g/mol. The van der Waals surface area contributed by atoms with Gasteiger partial charge in [-0.3, -0.25) is 19.9 Å². The Hall–Kier alpha value is -3.66. The predicted molar refractivity (Wildman–Crippen MR) is 114 cm³/mol. The van der Waals surface area contributed by atoms with Gasteiger partial charge < -0.3 is 26.8 Å². The van der Waals surface area contributed by atoms with Crippen molar-refractivity contribution in [2.45, 2.75) is 18.0 Å². The fourth-order valence-corrected chi connectivity index (χ4v) is 4.54. The van der Waals surface area contributed by atoms with Crippen molar-refractivity contribution in [2.75, 3.05) is 11.5 Å². The van der Waals surface area contributed by atoms with E-state index in [-0.39, 0.29) is 18.1 Å². The Kier molecular flexibility index (Phi) is 7.03. The van der Waals surface area contributed by atoms with Gasteiger partial charge in [-0.25, -0.2) is 9.78 Å². The lowest BCUT2D eigenvalue weighted by Gasteiger charge is -2.49. The van der Waals surface area contributed by atoms with E-state index in [4.69, 9.17) is 16.4 Å². The molecule has 1 saturated heterocycles. The van der Waals surface area contributed by atoms with Crippen molar-refractivity contribution in [1.29, 1.82) is 0 Å². The summed E-state index contributed by atoms with van der Waals surface area (Å²) in [6.45, 7) is 0.0369. The third-order valence-corrected chi connectivity index (χ3v) is 5.98. The molecule has 164 valence electrons. The van der Waals surface area contributed by atoms with E-state index in [0.717, 1.165) is 17.5 Å². The van der Waals surface area contributed by atoms with Crippen molar-refractivity contribution < 1.29 is 24.3 Å². The van der Waals surface area contributed by atoms with E-state index in [9.17, 15) is 19.5 Å². The van der Waals surface area contributed by atoms with Gasteiger partial charge >= 0.3 is 5.97 Å². The number of carbonyl (C=O) groups is 3. The molecular formula is C15H17N9O5S2. The number of amides is 2. The molecule has 0 aromatic carbocycles. The highest BCUT2D eigenvalue weighted by Gasteiger charge is 2.54. The van der Waals surface area contributed by atoms with Crippen LogP contribution in [0, 0.1) is 0 Å². The Morgan fingerprint density at radius 1 is 1.48 bits per heavy atom. The van der Waals surface area contributed by atoms with E-state index in [1.54, 1.807) is 5.38 Å². The second kappa shape index (κ2) is 9.90. The van der Waals surface area contributed by atoms with Crippen LogP contribution in [-0.2, 0) is 25.8 Å². The molecular weight excluding hydrogens is 450 g/mol. The molecule has 16 heteroatoms. The van der Waals surface area contributed by atoms with Crippen molar-refractivity contribution in [1.82, 2.24) is 20.6 Å². The molecule has 31 heavy (non-hydrogen) atoms. The van der Waals surface area contributed by atoms with Crippen molar-refractivity contribution in [3.05, 3.63) is 22.3 Å². The summed E-state index contributed by atoms with van der Waals surface area (Å²) in [6, 6.07) is -0.891. The molecule has 0 saturated carbocycles. The largest absolute Gasteiger partial charge is 0.477 e. The molecule has 2 amide bonds. The van der Waals surface area contributed by atoms with Gasteiger partial charge in [-0.05, 0) is 0 Å². The number of oxime groups is 1. The van der Waals surface area contributed by atoms with Gasteiger partial charge in [-0.2, -0.15) is 10.2 Å². The van der Waals surface area contributed by atoms with Crippen LogP contribution in [-0.4, -0.2) is 68.7 Å². The molecule has 3 heterocycles. The third kappa shape index (κ3) is 5.10. The van der Waals surface area contributed by atoms with Crippen LogP contribution < -0.4 is 22.3 Å². The topological polar surface area (TPSA) is 210 Å². The first-order valence-electron chi connectivity index (χ1n) is 8.49. The zero-order chi connectivity index (χ0) is 22.4. The number of carboxylic acids is 1. The highest BCUT2D eigenvalue weighted by atomic mass is 32.2. The van der Waals surface area contributed by atoms with Gasteiger partial charge in [0.1, 0.15) is 29.7 Å². The lowest BCUT2D eigenvalue weighted by Crippen LogP contribution is -2.70. The summed E-state index contributed by atoms with van der Waals surface area (Å²) >= 11 is 2.54. The van der Waals surface area contributed by atoms with E-state index in [0.29, 0.717) is 16.4 Å². The van der Waals surface area contributed by atoms with E-state index in [1.165, 1.54) is 29.3 Å². The van der Waals surface area contributed by atoms with Crippen molar-refractivity contribution >= 4 is 64.8 Å². The Morgan fingerprint density at radius 2 is 2.29 bits per heavy atom. The quantitative estimate of drug-likeness (QED) is 0.0927. The molecule has 0 radical (unpaired) electrons. The number of fused-ring (bicyclic) bond motifs is 1. The molecule has 2 aliphatic heterocycles. The summed E-state index contributed by atoms with van der Waals surface area (Å²) < 4.78 is 0. The number of carboxylic acid groups (broad SMARTS) is 1. The fraction of sp³-hybridized carbons (Fsp3) is 0.267. The number of nitrogens with one attached hydrogen (secondary N) is 2. The first kappa shape index (κ1) is 22.0. The summed E-state index contributed by atoms with van der Waals surface area (Å²) in [5.74, 6) is 2.69. The van der Waals surface area contributed by atoms with E-state index in [2.05, 4.69) is 31.1 Å². The molecule has 2 atom stereocenters. The Labute approximate surface area is 183 Å². The normalized spacial score (nSPS) is 20.9. The number of β-lactam (4-membered cyclic amide) rings is 1. The van der Waals surface area contributed by atoms with E-state index >= 15 is 0 Å². The van der Waals surface area contributed by atoms with Gasteiger partial charge in [0, 0.05) is 16.7 Å². The number of hydrazone groups is 2. The molecule has 1 fully saturated rings. The maximum Gasteiger partial charge on any atom is 0.353 e. The number of anilines is 1. The number of nitrogens with two attached hydrogens (primary N) is 2. The van der Waals surface area contributed by atoms with Crippen molar-refractivity contribution in [3.8, 4) is 0 Å². The summed E-state index contributed by atoms with van der Waals surface area (Å²) in [5.41, 5.74) is 8.58. The summed E-state index contributed by atoms with van der Waals surface area (Å²) in [4.78, 5) is 46.3. The van der Waals surface area contributed by atoms with Crippen LogP contribution in [0.25, 0.3) is 0 Å². The first-order valence-corrected chi connectivity index (χ1v) is 10.4. The zero-order valence-corrected chi connectivity index (χ0v) is 17.3. The molecule has 2 aliphatic rings. The van der Waals surface area contributed by atoms with Gasteiger partial charge in [0.05, 0.1) is 11.9 Å². The maximum absolute atomic E-state index is 12.5. The molecule has 0 aliphatic carbocycles. The first-order chi connectivity index (χ1) is 14.9. The van der Waals surface area contributed by atoms with Crippen LogP contribution in [0.15, 0.2) is 32.0 Å². The van der Waals surface area contributed by atoms with Crippen molar-refractivity contribution in [2.24, 2.45) is 21.2 Å². The van der Waals surface area contributed by atoms with Crippen LogP contribution >= 0.6 is 23.1 Å². The molecule has 0 spiro atoms. The molecule has 1 aromatic rings. The third-order valence-electron chi connectivity index (χ3n) is 3.95. The Morgan fingerprint density at radius 3 is 2.97 bits per heavy atom. The summed E-state index contributed by atoms with van der Waals surface area (Å²) in [7, 11) is 0. The molecule has 1 aromatic heterocycles. The van der Waals surface area contributed by atoms with Crippen LogP contribution in [0.2, 0.25) is 0 Å². The van der Waals surface area contributed by atoms with Crippen LogP contribution in [0.4, 0.5) is 5.13 Å². The zero-order valence-electron chi connectivity index (χ0n) is 15.7. The summed E-state index contributed by atoms with van der Waals surface area (Å²) in [5, 5.41) is 24.0. The highest BCUT2D eigenvalue weighted by molar-refractivity contribution is 8.00. The van der Waals surface area contributed by atoms with Crippen LogP contribution in [0.1, 0.15) is 5.69 Å². The van der Waals surface area contributed by atoms with E-state index in [1.807, 2.05) is 0 Å². The van der Waals surface area contributed by atoms with Gasteiger partial charge in [0.25, 0.3) is 11.8 Å². The van der Waals surface area contributed by atoms with E-state index < -0.39 is 29.2 Å². The number of aliphatic carboxylic acids is 1. The number of aromatic nitrogens is 1. The minimum atomic E-state index is -1.28. The van der Waals surface area contributed by atoms with Gasteiger partial charge in [-0.1, -0.05) is 5.16 Å². The predicted octanol–water partition coefficient (Wildman–Crippen LogP) is -1.56. The molecule has 7 N–H and O–H groups in total. The number of hydrogen-bond donors (Lipinski definition) is 5. The standard InChI is InChI=1S/C15H17N9O5S2/c16-15-22-8(5-31-15)3-29-21-2-9(25)23-10-12(26)24-11(14(27)28)7(4-30-13(10)24)1-19-20-6-18-17/h1-2,5-6,10,13H,3-4,17H2,(H2,16,22)(H,18,20)(H,23,25)(H,27,28)/b19-1+,21-2+. The molecule has 3 rings (SSSR count). The number of nitrogen functional groups attached to an aromatic ring is 1. The number of nitrogens with zero attached hydrogens (tertiary/aromatic N) is 5. The number of rotatable bonds is 9. The Bertz CT molecular complexity index is 989. The SMILES string of the molecule is N/N=C/N/N=C/C1=C(C(=O)O)N2C(=O)C(NC(=O)/C=N/OCc3csc(N)n3)C2SC1. The van der Waals surface area contributed by atoms with Gasteiger partial charge in [0.2, 0.25) is 0 Å². The lowest BCUT2D eigenvalue weighted by atomic mass is 10.0. The molecule has 0 bridgehead atoms. The number of hydrogen-bond acceptors (Lipinski definition) is 12. The van der Waals surface area contributed by atoms with Gasteiger partial charge in [-0.15, -0.1) is 23.1 Å². The van der Waals surface area contributed by atoms with Gasteiger partial charge in [0.15, 0.2) is 11.7 Å². The average Bonchev–Trinajstić information content (AvgIpc) is 3.16. The second-order valence-electron chi connectivity index (χ2n) is 5.93. The number of thioether (sulfide) groups is 1. The highest BCUT2D eigenvalue weighted by Crippen LogP contribution is 2.39. The van der Waals surface area contributed by atoms with Crippen LogP contribution in [0.3, 0.4) is 0 Å². The monoisotopic (exact) mass is 467 g/mol. The smallest absolute Gasteiger partial charge is 0.353 e. The fourth-order valence-electron chi connectivity index (χ4n) is 2.69. The minimum absolute atomic E-state index is 0.0369. The maximum atomic E-state index is 12.5. The van der Waals surface area contributed by atoms with Crippen LogP contribution in [0.5, 0.6) is 0 Å². The number of thiazole rings is 1. The number of carbonyl (C=O) groups excluding carboxylic acids is 2. The summed E-state index contributed by atoms with van der Waals surface area (Å²) in [6.07, 6.45) is 3.26. The Balaban J connectivity index is 1.57.